The lowest BCUT2D eigenvalue weighted by Gasteiger charge is -2.30. The van der Waals surface area contributed by atoms with E-state index in [4.69, 9.17) is 4.74 Å². The molecular formula is C25H25N5O2S. The summed E-state index contributed by atoms with van der Waals surface area (Å²) in [5, 5.41) is 3.48. The standard InChI is InChI=1S/C25H25N5O2S/c1-16(18-5-3-6-20(11-18)32-14-25(31)30-9-4-10-30)27-24-13-22(28-17(2)29-24)19-7-8-21-23(12-19)33-15-26-21/h3,5-8,11-13,15-16H,4,9-10,14H2,1-2H3,(H,27,28,29). The van der Waals surface area contributed by atoms with Crippen molar-refractivity contribution in [1.29, 1.82) is 0 Å². The number of hydrogen-bond donors (Lipinski definition) is 1. The summed E-state index contributed by atoms with van der Waals surface area (Å²) in [5.41, 5.74) is 5.81. The lowest BCUT2D eigenvalue weighted by atomic mass is 10.1. The molecule has 4 aromatic rings. The smallest absolute Gasteiger partial charge is 0.260 e. The Morgan fingerprint density at radius 3 is 2.88 bits per heavy atom. The quantitative estimate of drug-likeness (QED) is 0.426. The maximum absolute atomic E-state index is 12.1. The first-order valence-electron chi connectivity index (χ1n) is 11.0. The second kappa shape index (κ2) is 9.15. The fourth-order valence-electron chi connectivity index (χ4n) is 3.78. The number of rotatable bonds is 7. The van der Waals surface area contributed by atoms with E-state index in [0.717, 1.165) is 52.4 Å². The first-order chi connectivity index (χ1) is 16.0. The number of benzene rings is 2. The van der Waals surface area contributed by atoms with Gasteiger partial charge in [-0.25, -0.2) is 15.0 Å². The maximum Gasteiger partial charge on any atom is 0.260 e. The molecule has 2 aromatic carbocycles. The molecule has 7 nitrogen and oxygen atoms in total. The summed E-state index contributed by atoms with van der Waals surface area (Å²) in [6.07, 6.45) is 1.08. The van der Waals surface area contributed by atoms with Gasteiger partial charge in [-0.05, 0) is 50.1 Å². The number of fused-ring (bicyclic) bond motifs is 1. The number of thiazole rings is 1. The minimum atomic E-state index is -0.00856. The van der Waals surface area contributed by atoms with Gasteiger partial charge < -0.3 is 15.0 Å². The van der Waals surface area contributed by atoms with Crippen LogP contribution in [0.1, 0.15) is 30.8 Å². The van der Waals surface area contributed by atoms with Gasteiger partial charge in [-0.2, -0.15) is 0 Å². The highest BCUT2D eigenvalue weighted by atomic mass is 32.1. The second-order valence-electron chi connectivity index (χ2n) is 8.18. The average Bonchev–Trinajstić information content (AvgIpc) is 3.24. The summed E-state index contributed by atoms with van der Waals surface area (Å²) in [4.78, 5) is 27.4. The zero-order valence-electron chi connectivity index (χ0n) is 18.6. The van der Waals surface area contributed by atoms with Crippen LogP contribution in [0, 0.1) is 6.92 Å². The molecule has 1 amide bonds. The number of aryl methyl sites for hydroxylation is 1. The molecule has 1 N–H and O–H groups in total. The van der Waals surface area contributed by atoms with Crippen molar-refractivity contribution in [3.05, 3.63) is 65.4 Å². The van der Waals surface area contributed by atoms with Crippen LogP contribution in [0.15, 0.2) is 54.0 Å². The van der Waals surface area contributed by atoms with E-state index < -0.39 is 0 Å². The van der Waals surface area contributed by atoms with E-state index in [1.165, 1.54) is 0 Å². The first kappa shape index (κ1) is 21.3. The van der Waals surface area contributed by atoms with Crippen molar-refractivity contribution in [2.24, 2.45) is 0 Å². The van der Waals surface area contributed by atoms with Gasteiger partial charge in [0.05, 0.1) is 27.5 Å². The van der Waals surface area contributed by atoms with Crippen LogP contribution in [-0.4, -0.2) is 45.5 Å². The summed E-state index contributed by atoms with van der Waals surface area (Å²) in [6, 6.07) is 16.0. The number of hydrogen-bond acceptors (Lipinski definition) is 7. The van der Waals surface area contributed by atoms with Gasteiger partial charge >= 0.3 is 0 Å². The van der Waals surface area contributed by atoms with Crippen LogP contribution in [0.5, 0.6) is 5.75 Å². The number of aromatic nitrogens is 3. The second-order valence-corrected chi connectivity index (χ2v) is 9.07. The minimum Gasteiger partial charge on any atom is -0.484 e. The third kappa shape index (κ3) is 4.80. The monoisotopic (exact) mass is 459 g/mol. The molecule has 0 radical (unpaired) electrons. The highest BCUT2D eigenvalue weighted by Gasteiger charge is 2.20. The predicted molar refractivity (Wildman–Crippen MR) is 131 cm³/mol. The molecular weight excluding hydrogens is 434 g/mol. The largest absolute Gasteiger partial charge is 0.484 e. The molecule has 1 unspecified atom stereocenters. The Morgan fingerprint density at radius 2 is 2.06 bits per heavy atom. The molecule has 5 rings (SSSR count). The van der Waals surface area contributed by atoms with Gasteiger partial charge in [0.15, 0.2) is 6.61 Å². The summed E-state index contributed by atoms with van der Waals surface area (Å²) in [6.45, 7) is 5.71. The van der Waals surface area contributed by atoms with Crippen LogP contribution in [0.4, 0.5) is 5.82 Å². The number of carbonyl (C=O) groups excluding carboxylic acids is 1. The zero-order valence-corrected chi connectivity index (χ0v) is 19.4. The Labute approximate surface area is 196 Å². The molecule has 0 spiro atoms. The number of ether oxygens (including phenoxy) is 1. The minimum absolute atomic E-state index is 0.00856. The molecule has 1 saturated heterocycles. The van der Waals surface area contributed by atoms with E-state index in [0.29, 0.717) is 11.6 Å². The molecule has 168 valence electrons. The van der Waals surface area contributed by atoms with Crippen molar-refractivity contribution in [3.63, 3.8) is 0 Å². The van der Waals surface area contributed by atoms with Crippen LogP contribution in [0.3, 0.4) is 0 Å². The summed E-state index contributed by atoms with van der Waals surface area (Å²) >= 11 is 1.62. The summed E-state index contributed by atoms with van der Waals surface area (Å²) in [7, 11) is 0. The highest BCUT2D eigenvalue weighted by molar-refractivity contribution is 7.16. The third-order valence-corrected chi connectivity index (χ3v) is 6.55. The fourth-order valence-corrected chi connectivity index (χ4v) is 4.50. The van der Waals surface area contributed by atoms with Gasteiger partial charge in [-0.1, -0.05) is 18.2 Å². The number of likely N-dealkylation sites (tertiary alicyclic amines) is 1. The number of nitrogens with one attached hydrogen (secondary N) is 1. The van der Waals surface area contributed by atoms with E-state index in [1.54, 1.807) is 11.3 Å². The van der Waals surface area contributed by atoms with Gasteiger partial charge in [-0.15, -0.1) is 11.3 Å². The van der Waals surface area contributed by atoms with E-state index in [2.05, 4.69) is 33.3 Å². The fraction of sp³-hybridized carbons (Fsp3) is 0.280. The van der Waals surface area contributed by atoms with Crippen molar-refractivity contribution in [2.45, 2.75) is 26.3 Å². The Hall–Kier alpha value is -3.52. The van der Waals surface area contributed by atoms with Gasteiger partial charge in [0.1, 0.15) is 17.4 Å². The van der Waals surface area contributed by atoms with Crippen molar-refractivity contribution < 1.29 is 9.53 Å². The number of nitrogens with zero attached hydrogens (tertiary/aromatic N) is 4. The van der Waals surface area contributed by atoms with Crippen LogP contribution in [0.25, 0.3) is 21.5 Å². The Bertz CT molecular complexity index is 1300. The molecule has 8 heteroatoms. The van der Waals surface area contributed by atoms with Crippen LogP contribution < -0.4 is 10.1 Å². The molecule has 0 bridgehead atoms. The first-order valence-corrected chi connectivity index (χ1v) is 11.9. The Morgan fingerprint density at radius 1 is 1.18 bits per heavy atom. The molecule has 0 saturated carbocycles. The van der Waals surface area contributed by atoms with Gasteiger partial charge in [-0.3, -0.25) is 4.79 Å². The summed E-state index contributed by atoms with van der Waals surface area (Å²) < 4.78 is 6.88. The summed E-state index contributed by atoms with van der Waals surface area (Å²) in [5.74, 6) is 2.19. The number of amides is 1. The molecule has 2 aromatic heterocycles. The Balaban J connectivity index is 1.30. The van der Waals surface area contributed by atoms with E-state index >= 15 is 0 Å². The molecule has 1 aliphatic rings. The highest BCUT2D eigenvalue weighted by Crippen LogP contribution is 2.28. The SMILES string of the molecule is Cc1nc(NC(C)c2cccc(OCC(=O)N3CCC3)c2)cc(-c2ccc3ncsc3c2)n1. The van der Waals surface area contributed by atoms with E-state index in [-0.39, 0.29) is 18.6 Å². The van der Waals surface area contributed by atoms with E-state index in [9.17, 15) is 4.79 Å². The molecule has 1 fully saturated rings. The molecule has 1 atom stereocenters. The zero-order chi connectivity index (χ0) is 22.8. The van der Waals surface area contributed by atoms with Crippen molar-refractivity contribution in [2.75, 3.05) is 25.0 Å². The Kier molecular flexibility index (Phi) is 5.92. The van der Waals surface area contributed by atoms with Crippen LogP contribution >= 0.6 is 11.3 Å². The lowest BCUT2D eigenvalue weighted by molar-refractivity contribution is -0.136. The molecule has 1 aliphatic heterocycles. The van der Waals surface area contributed by atoms with Gasteiger partial charge in [0.2, 0.25) is 0 Å². The normalized spacial score (nSPS) is 14.1. The van der Waals surface area contributed by atoms with Gasteiger partial charge in [0, 0.05) is 24.7 Å². The van der Waals surface area contributed by atoms with Crippen molar-refractivity contribution >= 4 is 33.3 Å². The maximum atomic E-state index is 12.1. The predicted octanol–water partition coefficient (Wildman–Crippen LogP) is 4.85. The van der Waals surface area contributed by atoms with Crippen LogP contribution in [0.2, 0.25) is 0 Å². The van der Waals surface area contributed by atoms with Crippen LogP contribution in [-0.2, 0) is 4.79 Å². The lowest BCUT2D eigenvalue weighted by Crippen LogP contribution is -2.44. The third-order valence-electron chi connectivity index (χ3n) is 5.76. The molecule has 33 heavy (non-hydrogen) atoms. The number of carbonyl (C=O) groups is 1. The molecule has 0 aliphatic carbocycles. The topological polar surface area (TPSA) is 80.2 Å². The van der Waals surface area contributed by atoms with E-state index in [1.807, 2.05) is 59.8 Å². The average molecular weight is 460 g/mol. The van der Waals surface area contributed by atoms with Crippen molar-refractivity contribution in [3.8, 4) is 17.0 Å². The van der Waals surface area contributed by atoms with Gasteiger partial charge in [0.25, 0.3) is 5.91 Å². The molecule has 3 heterocycles. The van der Waals surface area contributed by atoms with Crippen molar-refractivity contribution in [1.82, 2.24) is 19.9 Å². The number of anilines is 1.